The fourth-order valence-electron chi connectivity index (χ4n) is 0.482. The molecule has 0 bridgehead atoms. The van der Waals surface area contributed by atoms with Gasteiger partial charge in [-0.3, -0.25) is 0 Å². The first-order chi connectivity index (χ1) is 7.33. The molecule has 0 aliphatic heterocycles. The minimum atomic E-state index is -2.62. The van der Waals surface area contributed by atoms with E-state index in [0.717, 1.165) is 0 Å². The molecule has 0 aromatic rings. The molecule has 0 spiro atoms. The lowest BCUT2D eigenvalue weighted by Crippen LogP contribution is -2.38. The Balaban J connectivity index is 0. The highest BCUT2D eigenvalue weighted by atomic mass is 31.2. The highest BCUT2D eigenvalue weighted by Crippen LogP contribution is 2.28. The standard InChI is InChI=1S/C5H13O6P.H3O3P/c6-1-5(2-7,3-8)4-11-12(9)10;1-4(2)3/h6-10H,1-4H2;1-3H. The Morgan fingerprint density at radius 2 is 1.12 bits per heavy atom. The number of rotatable bonds is 6. The average Bonchev–Trinajstić information content (AvgIpc) is 2.20. The number of aliphatic hydroxyl groups excluding tert-OH is 3. The molecule has 8 N–H and O–H groups in total. The molecular formula is C5H16O9P2. The van der Waals surface area contributed by atoms with Crippen molar-refractivity contribution in [3.8, 4) is 0 Å². The molecule has 0 aliphatic carbocycles. The van der Waals surface area contributed by atoms with E-state index < -0.39 is 42.4 Å². The SMILES string of the molecule is OCC(CO)(CO)COP(O)O.OP(O)O. The molecule has 11 heteroatoms. The molecule has 0 saturated carbocycles. The van der Waals surface area contributed by atoms with Crippen molar-refractivity contribution in [1.29, 1.82) is 0 Å². The summed E-state index contributed by atoms with van der Waals surface area (Å²) in [6, 6.07) is 0. The molecule has 0 aliphatic rings. The molecule has 0 amide bonds. The second-order valence-electron chi connectivity index (χ2n) is 2.77. The van der Waals surface area contributed by atoms with E-state index in [1.54, 1.807) is 0 Å². The maximum Gasteiger partial charge on any atom is 0.327 e. The molecule has 0 fully saturated rings. The smallest absolute Gasteiger partial charge is 0.327 e. The maximum atomic E-state index is 8.73. The lowest BCUT2D eigenvalue weighted by atomic mass is 9.93. The molecule has 0 atom stereocenters. The summed E-state index contributed by atoms with van der Waals surface area (Å²) in [7, 11) is -5.14. The largest absolute Gasteiger partial charge is 0.396 e. The lowest BCUT2D eigenvalue weighted by Gasteiger charge is -2.26. The second kappa shape index (κ2) is 10.6. The summed E-state index contributed by atoms with van der Waals surface area (Å²) in [5.74, 6) is 0. The second-order valence-corrected chi connectivity index (χ2v) is 4.07. The Labute approximate surface area is 94.2 Å². The summed E-state index contributed by atoms with van der Waals surface area (Å²) in [6.07, 6.45) is 0. The summed E-state index contributed by atoms with van der Waals surface area (Å²) in [4.78, 5) is 38.4. The van der Waals surface area contributed by atoms with Crippen LogP contribution < -0.4 is 0 Å². The van der Waals surface area contributed by atoms with Gasteiger partial charge in [0.15, 0.2) is 0 Å². The van der Waals surface area contributed by atoms with E-state index in [1.165, 1.54) is 0 Å². The fraction of sp³-hybridized carbons (Fsp3) is 1.00. The molecule has 9 nitrogen and oxygen atoms in total. The summed E-state index contributed by atoms with van der Waals surface area (Å²) < 4.78 is 4.38. The van der Waals surface area contributed by atoms with Gasteiger partial charge in [0, 0.05) is 0 Å². The third-order valence-corrected chi connectivity index (χ3v) is 1.85. The zero-order valence-electron chi connectivity index (χ0n) is 8.21. The molecule has 0 saturated heterocycles. The summed E-state index contributed by atoms with van der Waals surface area (Å²) in [5.41, 5.74) is -1.20. The third kappa shape index (κ3) is 11.0. The van der Waals surface area contributed by atoms with Crippen LogP contribution in [0.1, 0.15) is 0 Å². The van der Waals surface area contributed by atoms with Gasteiger partial charge < -0.3 is 44.3 Å². The normalized spacial score (nSPS) is 11.6. The molecule has 0 rings (SSSR count). The third-order valence-electron chi connectivity index (χ3n) is 1.49. The van der Waals surface area contributed by atoms with Crippen LogP contribution >= 0.6 is 17.2 Å². The van der Waals surface area contributed by atoms with Gasteiger partial charge in [0.2, 0.25) is 0 Å². The Kier molecular flexibility index (Phi) is 12.5. The van der Waals surface area contributed by atoms with Crippen molar-refractivity contribution in [2.24, 2.45) is 5.41 Å². The monoisotopic (exact) mass is 282 g/mol. The Morgan fingerprint density at radius 1 is 0.812 bits per heavy atom. The van der Waals surface area contributed by atoms with Crippen LogP contribution in [0.15, 0.2) is 0 Å². The summed E-state index contributed by atoms with van der Waals surface area (Å²) >= 11 is 0. The first-order valence-electron chi connectivity index (χ1n) is 3.83. The van der Waals surface area contributed by atoms with E-state index in [-0.39, 0.29) is 6.61 Å². The fourth-order valence-corrected chi connectivity index (χ4v) is 0.871. The van der Waals surface area contributed by atoms with Gasteiger partial charge in [0.1, 0.15) is 0 Å². The Bertz CT molecular complexity index is 140. The van der Waals surface area contributed by atoms with Crippen LogP contribution in [0.25, 0.3) is 0 Å². The van der Waals surface area contributed by atoms with E-state index in [4.69, 9.17) is 39.8 Å². The van der Waals surface area contributed by atoms with Crippen LogP contribution in [-0.4, -0.2) is 66.2 Å². The van der Waals surface area contributed by atoms with Crippen LogP contribution in [0.4, 0.5) is 0 Å². The van der Waals surface area contributed by atoms with Crippen molar-refractivity contribution in [3.05, 3.63) is 0 Å². The molecule has 0 aromatic carbocycles. The van der Waals surface area contributed by atoms with Crippen molar-refractivity contribution in [1.82, 2.24) is 0 Å². The predicted octanol–water partition coefficient (Wildman–Crippen LogP) is -2.63. The zero-order valence-corrected chi connectivity index (χ0v) is 10.00. The quantitative estimate of drug-likeness (QED) is 0.242. The van der Waals surface area contributed by atoms with E-state index >= 15 is 0 Å². The van der Waals surface area contributed by atoms with Gasteiger partial charge in [0.25, 0.3) is 0 Å². The van der Waals surface area contributed by atoms with Crippen molar-refractivity contribution in [3.63, 3.8) is 0 Å². The first kappa shape index (κ1) is 18.9. The topological polar surface area (TPSA) is 171 Å². The molecular weight excluding hydrogens is 266 g/mol. The molecule has 0 unspecified atom stereocenters. The van der Waals surface area contributed by atoms with Gasteiger partial charge in [-0.05, 0) is 0 Å². The number of hydrogen-bond donors (Lipinski definition) is 8. The van der Waals surface area contributed by atoms with E-state index in [2.05, 4.69) is 4.52 Å². The zero-order chi connectivity index (χ0) is 13.2. The molecule has 100 valence electrons. The van der Waals surface area contributed by atoms with Crippen LogP contribution in [0, 0.1) is 5.41 Å². The van der Waals surface area contributed by atoms with Gasteiger partial charge >= 0.3 is 17.2 Å². The highest BCUT2D eigenvalue weighted by Gasteiger charge is 2.29. The summed E-state index contributed by atoms with van der Waals surface area (Å²) in [6.45, 7) is -1.75. The average molecular weight is 282 g/mol. The van der Waals surface area contributed by atoms with Gasteiger partial charge in [0.05, 0.1) is 31.8 Å². The van der Waals surface area contributed by atoms with Crippen molar-refractivity contribution >= 4 is 17.2 Å². The molecule has 0 heterocycles. The summed E-state index contributed by atoms with van der Waals surface area (Å²) in [5, 5.41) is 26.2. The van der Waals surface area contributed by atoms with Crippen LogP contribution in [-0.2, 0) is 4.52 Å². The minimum Gasteiger partial charge on any atom is -0.396 e. The van der Waals surface area contributed by atoms with E-state index in [9.17, 15) is 0 Å². The first-order valence-corrected chi connectivity index (χ1v) is 6.20. The van der Waals surface area contributed by atoms with Gasteiger partial charge in [-0.2, -0.15) is 0 Å². The van der Waals surface area contributed by atoms with Crippen LogP contribution in [0.2, 0.25) is 0 Å². The van der Waals surface area contributed by atoms with Crippen LogP contribution in [0.3, 0.4) is 0 Å². The Hall–Kier alpha value is 0.500. The van der Waals surface area contributed by atoms with Crippen LogP contribution in [0.5, 0.6) is 0 Å². The Morgan fingerprint density at radius 3 is 1.31 bits per heavy atom. The van der Waals surface area contributed by atoms with Gasteiger partial charge in [-0.15, -0.1) is 0 Å². The van der Waals surface area contributed by atoms with E-state index in [1.807, 2.05) is 0 Å². The van der Waals surface area contributed by atoms with Crippen molar-refractivity contribution in [2.45, 2.75) is 0 Å². The van der Waals surface area contributed by atoms with E-state index in [0.29, 0.717) is 0 Å². The minimum absolute atomic E-state index is 0.296. The van der Waals surface area contributed by atoms with Gasteiger partial charge in [-0.1, -0.05) is 0 Å². The maximum absolute atomic E-state index is 8.73. The molecule has 0 aromatic heterocycles. The molecule has 16 heavy (non-hydrogen) atoms. The highest BCUT2D eigenvalue weighted by molar-refractivity contribution is 7.39. The molecule has 0 radical (unpaired) electrons. The predicted molar refractivity (Wildman–Crippen MR) is 54.6 cm³/mol. The number of hydrogen-bond acceptors (Lipinski definition) is 9. The van der Waals surface area contributed by atoms with Crippen molar-refractivity contribution < 1.29 is 44.3 Å². The lowest BCUT2D eigenvalue weighted by molar-refractivity contribution is -0.0280. The van der Waals surface area contributed by atoms with Crippen molar-refractivity contribution in [2.75, 3.05) is 26.4 Å². The number of aliphatic hydroxyl groups is 3. The van der Waals surface area contributed by atoms with Gasteiger partial charge in [-0.25, -0.2) is 0 Å².